The second-order valence-corrected chi connectivity index (χ2v) is 4.97. The molecule has 1 aromatic heterocycles. The number of thioether (sulfide) groups is 1. The van der Waals surface area contributed by atoms with Gasteiger partial charge in [-0.25, -0.2) is 10.8 Å². The van der Waals surface area contributed by atoms with Crippen LogP contribution in [0.15, 0.2) is 12.4 Å². The normalized spacial score (nSPS) is 12.0. The average Bonchev–Trinajstić information content (AvgIpc) is 2.43. The maximum Gasteiger partial charge on any atom is 0.274 e. The summed E-state index contributed by atoms with van der Waals surface area (Å²) in [6, 6.07) is 0.168. The number of nitrogens with two attached hydrogens (primary N) is 1. The Morgan fingerprint density at radius 3 is 2.94 bits per heavy atom. The number of nitrogens with one attached hydrogen (secondary N) is 1. The number of hydrogen-bond acceptors (Lipinski definition) is 6. The second kappa shape index (κ2) is 7.17. The van der Waals surface area contributed by atoms with Crippen molar-refractivity contribution in [1.82, 2.24) is 14.9 Å². The van der Waals surface area contributed by atoms with Gasteiger partial charge in [0.25, 0.3) is 5.91 Å². The van der Waals surface area contributed by atoms with Gasteiger partial charge in [-0.2, -0.15) is 11.8 Å². The van der Waals surface area contributed by atoms with E-state index in [1.165, 1.54) is 12.4 Å². The highest BCUT2D eigenvalue weighted by Crippen LogP contribution is 2.10. The van der Waals surface area contributed by atoms with Gasteiger partial charge in [0.1, 0.15) is 5.69 Å². The van der Waals surface area contributed by atoms with Crippen LogP contribution in [-0.4, -0.2) is 45.9 Å². The summed E-state index contributed by atoms with van der Waals surface area (Å²) in [6.45, 7) is 2.02. The van der Waals surface area contributed by atoms with Crippen molar-refractivity contribution in [2.24, 2.45) is 5.84 Å². The van der Waals surface area contributed by atoms with Crippen LogP contribution < -0.4 is 11.3 Å². The fourth-order valence-corrected chi connectivity index (χ4v) is 1.98. The highest BCUT2D eigenvalue weighted by atomic mass is 32.2. The number of anilines is 1. The van der Waals surface area contributed by atoms with Gasteiger partial charge in [0.05, 0.1) is 12.4 Å². The summed E-state index contributed by atoms with van der Waals surface area (Å²) >= 11 is 1.77. The Labute approximate surface area is 111 Å². The molecule has 1 unspecified atom stereocenters. The monoisotopic (exact) mass is 269 g/mol. The van der Waals surface area contributed by atoms with E-state index in [1.807, 2.05) is 6.92 Å². The summed E-state index contributed by atoms with van der Waals surface area (Å²) in [5.74, 6) is 6.50. The van der Waals surface area contributed by atoms with Gasteiger partial charge < -0.3 is 10.3 Å². The molecule has 18 heavy (non-hydrogen) atoms. The molecule has 3 N–H and O–H groups in total. The quantitative estimate of drug-likeness (QED) is 0.591. The molecule has 0 saturated heterocycles. The maximum atomic E-state index is 12.2. The fraction of sp³-hybridized carbons (Fsp3) is 0.545. The van der Waals surface area contributed by atoms with E-state index in [9.17, 15) is 4.79 Å². The third kappa shape index (κ3) is 3.85. The van der Waals surface area contributed by atoms with Crippen LogP contribution in [0.5, 0.6) is 0 Å². The van der Waals surface area contributed by atoms with Crippen LogP contribution in [0.25, 0.3) is 0 Å². The van der Waals surface area contributed by atoms with Gasteiger partial charge in [0.2, 0.25) is 0 Å². The Balaban J connectivity index is 2.72. The number of hydrazine groups is 1. The average molecular weight is 269 g/mol. The van der Waals surface area contributed by atoms with E-state index in [1.54, 1.807) is 23.7 Å². The van der Waals surface area contributed by atoms with Crippen molar-refractivity contribution in [3.05, 3.63) is 18.1 Å². The number of carbonyl (C=O) groups excluding carboxylic acids is 1. The van der Waals surface area contributed by atoms with Crippen LogP contribution in [0.4, 0.5) is 5.82 Å². The lowest BCUT2D eigenvalue weighted by Gasteiger charge is -2.24. The summed E-state index contributed by atoms with van der Waals surface area (Å²) < 4.78 is 0. The lowest BCUT2D eigenvalue weighted by molar-refractivity contribution is 0.0735. The topological polar surface area (TPSA) is 84.1 Å². The Kier molecular flexibility index (Phi) is 5.87. The molecule has 0 aromatic carbocycles. The molecule has 1 heterocycles. The minimum Gasteiger partial charge on any atom is -0.338 e. The predicted molar refractivity (Wildman–Crippen MR) is 74.4 cm³/mol. The molecule has 0 aliphatic carbocycles. The van der Waals surface area contributed by atoms with Crippen LogP contribution in [0.2, 0.25) is 0 Å². The summed E-state index contributed by atoms with van der Waals surface area (Å²) in [7, 11) is 1.78. The van der Waals surface area contributed by atoms with Crippen LogP contribution in [-0.2, 0) is 0 Å². The Hall–Kier alpha value is -1.34. The summed E-state index contributed by atoms with van der Waals surface area (Å²) in [4.78, 5) is 21.9. The predicted octanol–water partition coefficient (Wildman–Crippen LogP) is 0.976. The molecule has 0 spiro atoms. The lowest BCUT2D eigenvalue weighted by atomic mass is 10.2. The first kappa shape index (κ1) is 14.7. The number of nitrogens with zero attached hydrogens (tertiary/aromatic N) is 3. The third-order valence-electron chi connectivity index (χ3n) is 2.72. The summed E-state index contributed by atoms with van der Waals surface area (Å²) in [5, 5.41) is 0. The Morgan fingerprint density at radius 2 is 2.33 bits per heavy atom. The molecule has 6 nitrogen and oxygen atoms in total. The molecule has 1 atom stereocenters. The Bertz CT molecular complexity index is 401. The lowest BCUT2D eigenvalue weighted by Crippen LogP contribution is -2.36. The molecule has 1 rings (SSSR count). The third-order valence-corrected chi connectivity index (χ3v) is 3.37. The van der Waals surface area contributed by atoms with Gasteiger partial charge in [0, 0.05) is 13.1 Å². The molecule has 0 aliphatic rings. The molecule has 7 heteroatoms. The van der Waals surface area contributed by atoms with Crippen molar-refractivity contribution < 1.29 is 4.79 Å². The molecule has 1 amide bonds. The number of hydrogen-bond donors (Lipinski definition) is 2. The van der Waals surface area contributed by atoms with Crippen molar-refractivity contribution in [1.29, 1.82) is 0 Å². The Morgan fingerprint density at radius 1 is 1.61 bits per heavy atom. The molecule has 1 aromatic rings. The van der Waals surface area contributed by atoms with E-state index < -0.39 is 0 Å². The van der Waals surface area contributed by atoms with Crippen molar-refractivity contribution >= 4 is 23.5 Å². The first-order valence-electron chi connectivity index (χ1n) is 5.65. The van der Waals surface area contributed by atoms with Crippen LogP contribution >= 0.6 is 11.8 Å². The summed E-state index contributed by atoms with van der Waals surface area (Å²) in [5.41, 5.74) is 2.67. The standard InChI is InChI=1S/C11H19N5OS/c1-8(4-5-18-3)16(2)11(17)9-6-13-7-10(14-9)15-12/h6-8H,4-5,12H2,1-3H3,(H,14,15). The fourth-order valence-electron chi connectivity index (χ4n) is 1.40. The largest absolute Gasteiger partial charge is 0.338 e. The van der Waals surface area contributed by atoms with Crippen LogP contribution in [0.1, 0.15) is 23.8 Å². The van der Waals surface area contributed by atoms with Crippen molar-refractivity contribution in [2.75, 3.05) is 24.5 Å². The second-order valence-electron chi connectivity index (χ2n) is 3.98. The number of nitrogen functional groups attached to an aromatic ring is 1. The van der Waals surface area contributed by atoms with Gasteiger partial charge in [0.15, 0.2) is 5.82 Å². The minimum atomic E-state index is -0.145. The van der Waals surface area contributed by atoms with Crippen LogP contribution in [0, 0.1) is 0 Å². The van der Waals surface area contributed by atoms with Gasteiger partial charge in [-0.1, -0.05) is 0 Å². The van der Waals surface area contributed by atoms with Gasteiger partial charge >= 0.3 is 0 Å². The number of aromatic nitrogens is 2. The van der Waals surface area contributed by atoms with E-state index in [-0.39, 0.29) is 11.9 Å². The first-order valence-corrected chi connectivity index (χ1v) is 7.04. The highest BCUT2D eigenvalue weighted by molar-refractivity contribution is 7.98. The maximum absolute atomic E-state index is 12.2. The zero-order valence-electron chi connectivity index (χ0n) is 10.9. The molecular formula is C11H19N5OS. The van der Waals surface area contributed by atoms with Gasteiger partial charge in [-0.15, -0.1) is 0 Å². The van der Waals surface area contributed by atoms with E-state index in [2.05, 4.69) is 21.6 Å². The molecule has 0 fully saturated rings. The van der Waals surface area contributed by atoms with E-state index in [0.29, 0.717) is 11.5 Å². The molecule has 0 saturated carbocycles. The number of amides is 1. The van der Waals surface area contributed by atoms with Crippen molar-refractivity contribution in [3.63, 3.8) is 0 Å². The zero-order chi connectivity index (χ0) is 13.5. The number of carbonyl (C=O) groups is 1. The molecular weight excluding hydrogens is 250 g/mol. The highest BCUT2D eigenvalue weighted by Gasteiger charge is 2.18. The SMILES string of the molecule is CSCCC(C)N(C)C(=O)c1cncc(NN)n1. The zero-order valence-corrected chi connectivity index (χ0v) is 11.7. The van der Waals surface area contributed by atoms with E-state index in [4.69, 9.17) is 5.84 Å². The molecule has 0 radical (unpaired) electrons. The number of rotatable bonds is 6. The minimum absolute atomic E-state index is 0.145. The first-order chi connectivity index (χ1) is 8.60. The summed E-state index contributed by atoms with van der Waals surface area (Å²) in [6.07, 6.45) is 5.91. The van der Waals surface area contributed by atoms with Crippen molar-refractivity contribution in [2.45, 2.75) is 19.4 Å². The van der Waals surface area contributed by atoms with Crippen molar-refractivity contribution in [3.8, 4) is 0 Å². The smallest absolute Gasteiger partial charge is 0.274 e. The van der Waals surface area contributed by atoms with E-state index >= 15 is 0 Å². The van der Waals surface area contributed by atoms with Gasteiger partial charge in [-0.05, 0) is 25.4 Å². The van der Waals surface area contributed by atoms with Crippen LogP contribution in [0.3, 0.4) is 0 Å². The van der Waals surface area contributed by atoms with E-state index in [0.717, 1.165) is 12.2 Å². The van der Waals surface area contributed by atoms with Gasteiger partial charge in [-0.3, -0.25) is 9.78 Å². The molecule has 0 aliphatic heterocycles. The molecule has 100 valence electrons. The molecule has 0 bridgehead atoms.